The molecule has 0 radical (unpaired) electrons. The zero-order valence-corrected chi connectivity index (χ0v) is 13.6. The van der Waals surface area contributed by atoms with E-state index in [-0.39, 0.29) is 0 Å². The van der Waals surface area contributed by atoms with Gasteiger partial charge in [-0.3, -0.25) is 4.90 Å². The Balaban J connectivity index is 2.05. The zero-order chi connectivity index (χ0) is 13.9. The average Bonchev–Trinajstić information content (AvgIpc) is 2.88. The van der Waals surface area contributed by atoms with Crippen LogP contribution >= 0.6 is 0 Å². The van der Waals surface area contributed by atoms with Crippen molar-refractivity contribution in [2.75, 3.05) is 19.6 Å². The number of hydrogen-bond donors (Lipinski definition) is 1. The molecule has 2 rings (SSSR count). The van der Waals surface area contributed by atoms with Crippen molar-refractivity contribution in [2.24, 2.45) is 5.41 Å². The van der Waals surface area contributed by atoms with Gasteiger partial charge in [0.15, 0.2) is 0 Å². The van der Waals surface area contributed by atoms with Crippen molar-refractivity contribution >= 4 is 0 Å². The molecule has 1 aliphatic heterocycles. The van der Waals surface area contributed by atoms with Crippen LogP contribution in [-0.2, 0) is 0 Å². The fourth-order valence-electron chi connectivity index (χ4n) is 4.13. The van der Waals surface area contributed by atoms with Crippen LogP contribution in [0.2, 0.25) is 0 Å². The molecule has 0 spiro atoms. The number of nitrogens with one attached hydrogen (secondary N) is 1. The molecule has 2 aliphatic rings. The van der Waals surface area contributed by atoms with Gasteiger partial charge in [0.05, 0.1) is 0 Å². The van der Waals surface area contributed by atoms with Crippen LogP contribution in [0.15, 0.2) is 0 Å². The Morgan fingerprint density at radius 1 is 1.11 bits per heavy atom. The summed E-state index contributed by atoms with van der Waals surface area (Å²) in [5.41, 5.74) is 0.971. The Bertz CT molecular complexity index is 283. The third-order valence-electron chi connectivity index (χ3n) is 6.04. The topological polar surface area (TPSA) is 15.3 Å². The fourth-order valence-corrected chi connectivity index (χ4v) is 4.13. The highest BCUT2D eigenvalue weighted by atomic mass is 15.3. The van der Waals surface area contributed by atoms with E-state index >= 15 is 0 Å². The third kappa shape index (κ3) is 3.33. The first kappa shape index (κ1) is 15.3. The SMILES string of the molecule is CCC1CNC(C)(CC)CN1CC1(CC)CCCC1. The molecule has 1 heterocycles. The molecule has 1 N–H and O–H groups in total. The van der Waals surface area contributed by atoms with Crippen LogP contribution in [0.1, 0.15) is 72.6 Å². The third-order valence-corrected chi connectivity index (χ3v) is 6.04. The molecule has 2 nitrogen and oxygen atoms in total. The fraction of sp³-hybridized carbons (Fsp3) is 1.00. The summed E-state index contributed by atoms with van der Waals surface area (Å²) in [4.78, 5) is 2.83. The standard InChI is InChI=1S/C17H34N2/c1-5-15-12-18-16(4,6-2)13-19(15)14-17(7-3)10-8-9-11-17/h15,18H,5-14H2,1-4H3. The van der Waals surface area contributed by atoms with Crippen molar-refractivity contribution < 1.29 is 0 Å². The summed E-state index contributed by atoms with van der Waals surface area (Å²) < 4.78 is 0. The average molecular weight is 266 g/mol. The van der Waals surface area contributed by atoms with Crippen LogP contribution in [0.4, 0.5) is 0 Å². The van der Waals surface area contributed by atoms with E-state index in [1.807, 2.05) is 0 Å². The maximum atomic E-state index is 3.79. The Labute approximate surface area is 120 Å². The molecular formula is C17H34N2. The normalized spacial score (nSPS) is 35.7. The van der Waals surface area contributed by atoms with Gasteiger partial charge in [0.1, 0.15) is 0 Å². The van der Waals surface area contributed by atoms with Gasteiger partial charge in [0.25, 0.3) is 0 Å². The molecule has 112 valence electrons. The van der Waals surface area contributed by atoms with Gasteiger partial charge in [-0.25, -0.2) is 0 Å². The first-order chi connectivity index (χ1) is 9.06. The molecule has 2 fully saturated rings. The van der Waals surface area contributed by atoms with Crippen LogP contribution in [0.3, 0.4) is 0 Å². The Morgan fingerprint density at radius 3 is 2.32 bits per heavy atom. The molecule has 2 unspecified atom stereocenters. The lowest BCUT2D eigenvalue weighted by molar-refractivity contribution is 0.0388. The van der Waals surface area contributed by atoms with E-state index in [9.17, 15) is 0 Å². The van der Waals surface area contributed by atoms with Crippen LogP contribution < -0.4 is 5.32 Å². The summed E-state index contributed by atoms with van der Waals surface area (Å²) in [6.07, 6.45) is 9.74. The first-order valence-corrected chi connectivity index (χ1v) is 8.55. The van der Waals surface area contributed by atoms with E-state index in [0.717, 1.165) is 6.04 Å². The molecule has 0 aromatic rings. The van der Waals surface area contributed by atoms with Crippen molar-refractivity contribution in [1.29, 1.82) is 0 Å². The van der Waals surface area contributed by atoms with E-state index in [0.29, 0.717) is 11.0 Å². The number of hydrogen-bond acceptors (Lipinski definition) is 2. The zero-order valence-electron chi connectivity index (χ0n) is 13.6. The summed E-state index contributed by atoms with van der Waals surface area (Å²) in [6.45, 7) is 13.3. The monoisotopic (exact) mass is 266 g/mol. The molecule has 19 heavy (non-hydrogen) atoms. The van der Waals surface area contributed by atoms with Crippen LogP contribution in [-0.4, -0.2) is 36.1 Å². The van der Waals surface area contributed by atoms with Gasteiger partial charge in [0, 0.05) is 31.2 Å². The molecule has 1 aliphatic carbocycles. The van der Waals surface area contributed by atoms with Crippen molar-refractivity contribution in [2.45, 2.75) is 84.2 Å². The van der Waals surface area contributed by atoms with Crippen molar-refractivity contribution in [3.8, 4) is 0 Å². The molecule has 2 heteroatoms. The predicted octanol–water partition coefficient (Wildman–Crippen LogP) is 3.81. The largest absolute Gasteiger partial charge is 0.309 e. The molecule has 0 aromatic carbocycles. The van der Waals surface area contributed by atoms with E-state index in [4.69, 9.17) is 0 Å². The lowest BCUT2D eigenvalue weighted by atomic mass is 9.81. The van der Waals surface area contributed by atoms with Crippen LogP contribution in [0, 0.1) is 5.41 Å². The van der Waals surface area contributed by atoms with E-state index < -0.39 is 0 Å². The second-order valence-electron chi connectivity index (χ2n) is 7.32. The summed E-state index contributed by atoms with van der Waals surface area (Å²) in [5.74, 6) is 0. The van der Waals surface area contributed by atoms with E-state index in [1.54, 1.807) is 0 Å². The Hall–Kier alpha value is -0.0800. The first-order valence-electron chi connectivity index (χ1n) is 8.55. The summed E-state index contributed by atoms with van der Waals surface area (Å²) in [5, 5.41) is 3.79. The lowest BCUT2D eigenvalue weighted by Gasteiger charge is -2.49. The summed E-state index contributed by atoms with van der Waals surface area (Å²) in [7, 11) is 0. The number of nitrogens with zero attached hydrogens (tertiary/aromatic N) is 1. The minimum atomic E-state index is 0.333. The molecule has 1 saturated carbocycles. The molecule has 0 bridgehead atoms. The number of rotatable bonds is 5. The van der Waals surface area contributed by atoms with Crippen LogP contribution in [0.25, 0.3) is 0 Å². The number of piperazine rings is 1. The van der Waals surface area contributed by atoms with Gasteiger partial charge in [-0.15, -0.1) is 0 Å². The maximum absolute atomic E-state index is 3.79. The second-order valence-corrected chi connectivity index (χ2v) is 7.32. The smallest absolute Gasteiger partial charge is 0.0278 e. The molecule has 2 atom stereocenters. The van der Waals surface area contributed by atoms with Crippen LogP contribution in [0.5, 0.6) is 0 Å². The Kier molecular flexibility index (Phi) is 4.94. The minimum absolute atomic E-state index is 0.333. The van der Waals surface area contributed by atoms with Gasteiger partial charge in [-0.05, 0) is 44.4 Å². The minimum Gasteiger partial charge on any atom is -0.309 e. The highest BCUT2D eigenvalue weighted by Crippen LogP contribution is 2.42. The predicted molar refractivity (Wildman–Crippen MR) is 83.5 cm³/mol. The quantitative estimate of drug-likeness (QED) is 0.814. The maximum Gasteiger partial charge on any atom is 0.0278 e. The van der Waals surface area contributed by atoms with Gasteiger partial charge in [-0.1, -0.05) is 33.6 Å². The van der Waals surface area contributed by atoms with Crippen molar-refractivity contribution in [3.05, 3.63) is 0 Å². The van der Waals surface area contributed by atoms with E-state index in [1.165, 1.54) is 64.6 Å². The van der Waals surface area contributed by atoms with E-state index in [2.05, 4.69) is 37.9 Å². The molecule has 0 aromatic heterocycles. The second kappa shape index (κ2) is 6.13. The van der Waals surface area contributed by atoms with Gasteiger partial charge < -0.3 is 5.32 Å². The Morgan fingerprint density at radius 2 is 1.79 bits per heavy atom. The molecule has 0 amide bonds. The van der Waals surface area contributed by atoms with Gasteiger partial charge >= 0.3 is 0 Å². The molecule has 1 saturated heterocycles. The summed E-state index contributed by atoms with van der Waals surface area (Å²) >= 11 is 0. The lowest BCUT2D eigenvalue weighted by Crippen LogP contribution is -2.63. The van der Waals surface area contributed by atoms with Gasteiger partial charge in [0.2, 0.25) is 0 Å². The summed E-state index contributed by atoms with van der Waals surface area (Å²) in [6, 6.07) is 0.753. The highest BCUT2D eigenvalue weighted by molar-refractivity contribution is 4.97. The van der Waals surface area contributed by atoms with Crippen molar-refractivity contribution in [1.82, 2.24) is 10.2 Å². The van der Waals surface area contributed by atoms with Crippen molar-refractivity contribution in [3.63, 3.8) is 0 Å². The van der Waals surface area contributed by atoms with Gasteiger partial charge in [-0.2, -0.15) is 0 Å². The molecular weight excluding hydrogens is 232 g/mol. The highest BCUT2D eigenvalue weighted by Gasteiger charge is 2.39.